The molecule has 100 valence electrons. The summed E-state index contributed by atoms with van der Waals surface area (Å²) in [5, 5.41) is 4.33. The summed E-state index contributed by atoms with van der Waals surface area (Å²) >= 11 is 17.8. The van der Waals surface area contributed by atoms with Gasteiger partial charge in [0.2, 0.25) is 0 Å². The number of nitrogens with one attached hydrogen (secondary N) is 1. The average Bonchev–Trinajstić information content (AvgIpc) is 2.30. The van der Waals surface area contributed by atoms with Gasteiger partial charge >= 0.3 is 0 Å². The predicted molar refractivity (Wildman–Crippen MR) is 79.9 cm³/mol. The van der Waals surface area contributed by atoms with Gasteiger partial charge in [-0.3, -0.25) is 0 Å². The van der Waals surface area contributed by atoms with Crippen LogP contribution < -0.4 is 5.32 Å². The highest BCUT2D eigenvalue weighted by atomic mass is 35.5. The maximum Gasteiger partial charge on any atom is 0.126 e. The van der Waals surface area contributed by atoms with Crippen molar-refractivity contribution >= 4 is 40.5 Å². The Morgan fingerprint density at radius 1 is 1.05 bits per heavy atom. The van der Waals surface area contributed by atoms with Gasteiger partial charge in [0.1, 0.15) is 5.82 Å². The van der Waals surface area contributed by atoms with Crippen molar-refractivity contribution in [1.82, 2.24) is 0 Å². The first-order valence-electron chi connectivity index (χ1n) is 5.61. The number of hydrogen-bond donors (Lipinski definition) is 1. The molecule has 0 aliphatic carbocycles. The fourth-order valence-electron chi connectivity index (χ4n) is 1.75. The Kier molecular flexibility index (Phi) is 4.56. The third kappa shape index (κ3) is 3.53. The molecule has 0 fully saturated rings. The van der Waals surface area contributed by atoms with E-state index in [9.17, 15) is 4.39 Å². The molecule has 0 saturated heterocycles. The molecule has 1 nitrogen and oxygen atoms in total. The standard InChI is InChI=1S/C14H11Cl3FN/c1-8-4-10(15)3-2-9(8)7-19-14-12(16)5-11(18)6-13(14)17/h2-6,19H,7H2,1H3. The average molecular weight is 319 g/mol. The monoisotopic (exact) mass is 317 g/mol. The SMILES string of the molecule is Cc1cc(Cl)ccc1CNc1c(Cl)cc(F)cc1Cl. The van der Waals surface area contributed by atoms with Crippen LogP contribution in [0.3, 0.4) is 0 Å². The summed E-state index contributed by atoms with van der Waals surface area (Å²) in [5.74, 6) is -0.455. The Hall–Kier alpha value is -0.960. The van der Waals surface area contributed by atoms with Crippen molar-refractivity contribution < 1.29 is 4.39 Å². The molecule has 5 heteroatoms. The molecule has 0 unspecified atom stereocenters. The molecule has 1 N–H and O–H groups in total. The first kappa shape index (κ1) is 14.4. The van der Waals surface area contributed by atoms with Crippen LogP contribution in [-0.4, -0.2) is 0 Å². The summed E-state index contributed by atoms with van der Waals surface area (Å²) < 4.78 is 13.1. The second-order valence-electron chi connectivity index (χ2n) is 4.17. The third-order valence-corrected chi connectivity index (χ3v) is 3.60. The van der Waals surface area contributed by atoms with Gasteiger partial charge in [0.05, 0.1) is 15.7 Å². The van der Waals surface area contributed by atoms with Gasteiger partial charge in [0, 0.05) is 11.6 Å². The quantitative estimate of drug-likeness (QED) is 0.764. The maximum atomic E-state index is 13.1. The van der Waals surface area contributed by atoms with E-state index in [0.29, 0.717) is 17.3 Å². The van der Waals surface area contributed by atoms with Crippen LogP contribution in [0.25, 0.3) is 0 Å². The first-order chi connectivity index (χ1) is 8.97. The zero-order valence-electron chi connectivity index (χ0n) is 10.1. The minimum absolute atomic E-state index is 0.261. The van der Waals surface area contributed by atoms with Crippen molar-refractivity contribution in [2.45, 2.75) is 13.5 Å². The summed E-state index contributed by atoms with van der Waals surface area (Å²) in [4.78, 5) is 0. The van der Waals surface area contributed by atoms with Gasteiger partial charge in [-0.15, -0.1) is 0 Å². The number of halogens is 4. The van der Waals surface area contributed by atoms with E-state index in [1.165, 1.54) is 12.1 Å². The molecule has 2 aromatic rings. The van der Waals surface area contributed by atoms with Gasteiger partial charge in [-0.2, -0.15) is 0 Å². The van der Waals surface area contributed by atoms with E-state index in [4.69, 9.17) is 34.8 Å². The summed E-state index contributed by atoms with van der Waals surface area (Å²) in [6.07, 6.45) is 0. The minimum atomic E-state index is -0.455. The van der Waals surface area contributed by atoms with Crippen molar-refractivity contribution in [2.24, 2.45) is 0 Å². The zero-order valence-corrected chi connectivity index (χ0v) is 12.4. The second kappa shape index (κ2) is 6.00. The van der Waals surface area contributed by atoms with Crippen LogP contribution in [0.4, 0.5) is 10.1 Å². The fourth-order valence-corrected chi connectivity index (χ4v) is 2.57. The Labute approximate surface area is 126 Å². The molecule has 2 aromatic carbocycles. The van der Waals surface area contributed by atoms with E-state index in [1.54, 1.807) is 0 Å². The van der Waals surface area contributed by atoms with Crippen molar-refractivity contribution in [3.05, 3.63) is 62.3 Å². The molecule has 0 aliphatic rings. The normalized spacial score (nSPS) is 10.6. The van der Waals surface area contributed by atoms with Gasteiger partial charge in [-0.1, -0.05) is 40.9 Å². The van der Waals surface area contributed by atoms with Crippen LogP contribution in [0.15, 0.2) is 30.3 Å². The third-order valence-electron chi connectivity index (χ3n) is 2.77. The fraction of sp³-hybridized carbons (Fsp3) is 0.143. The van der Waals surface area contributed by atoms with Crippen LogP contribution in [0.1, 0.15) is 11.1 Å². The number of rotatable bonds is 3. The number of aryl methyl sites for hydroxylation is 1. The highest BCUT2D eigenvalue weighted by Crippen LogP contribution is 2.32. The van der Waals surface area contributed by atoms with Crippen LogP contribution in [-0.2, 0) is 6.54 Å². The van der Waals surface area contributed by atoms with E-state index in [1.807, 2.05) is 25.1 Å². The van der Waals surface area contributed by atoms with Gasteiger partial charge in [-0.05, 0) is 42.3 Å². The first-order valence-corrected chi connectivity index (χ1v) is 6.74. The number of benzene rings is 2. The summed E-state index contributed by atoms with van der Waals surface area (Å²) in [6, 6.07) is 8.08. The molecule has 19 heavy (non-hydrogen) atoms. The maximum absolute atomic E-state index is 13.1. The molecule has 0 aromatic heterocycles. The van der Waals surface area contributed by atoms with Crippen molar-refractivity contribution in [2.75, 3.05) is 5.32 Å². The second-order valence-corrected chi connectivity index (χ2v) is 5.42. The summed E-state index contributed by atoms with van der Waals surface area (Å²) in [7, 11) is 0. The molecule has 2 rings (SSSR count). The van der Waals surface area contributed by atoms with Crippen LogP contribution in [0.5, 0.6) is 0 Å². The molecule has 0 saturated carbocycles. The number of anilines is 1. The van der Waals surface area contributed by atoms with Gasteiger partial charge in [0.15, 0.2) is 0 Å². The Bertz CT molecular complexity index is 591. The Morgan fingerprint density at radius 2 is 1.68 bits per heavy atom. The van der Waals surface area contributed by atoms with Gasteiger partial charge in [-0.25, -0.2) is 4.39 Å². The molecular formula is C14H11Cl3FN. The van der Waals surface area contributed by atoms with Gasteiger partial charge < -0.3 is 5.32 Å². The lowest BCUT2D eigenvalue weighted by Crippen LogP contribution is -2.02. The molecule has 0 radical (unpaired) electrons. The van der Waals surface area contributed by atoms with Gasteiger partial charge in [0.25, 0.3) is 0 Å². The van der Waals surface area contributed by atoms with E-state index in [0.717, 1.165) is 11.1 Å². The molecule has 0 amide bonds. The molecule has 0 heterocycles. The molecule has 0 bridgehead atoms. The lowest BCUT2D eigenvalue weighted by Gasteiger charge is -2.12. The molecule has 0 spiro atoms. The van der Waals surface area contributed by atoms with E-state index in [-0.39, 0.29) is 10.0 Å². The van der Waals surface area contributed by atoms with Crippen molar-refractivity contribution in [3.8, 4) is 0 Å². The zero-order chi connectivity index (χ0) is 14.0. The summed E-state index contributed by atoms with van der Waals surface area (Å²) in [5.41, 5.74) is 2.66. The highest BCUT2D eigenvalue weighted by Gasteiger charge is 2.08. The molecular weight excluding hydrogens is 308 g/mol. The Balaban J connectivity index is 2.19. The van der Waals surface area contributed by atoms with E-state index < -0.39 is 5.82 Å². The van der Waals surface area contributed by atoms with Crippen LogP contribution in [0.2, 0.25) is 15.1 Å². The van der Waals surface area contributed by atoms with Crippen molar-refractivity contribution in [3.63, 3.8) is 0 Å². The number of hydrogen-bond acceptors (Lipinski definition) is 1. The van der Waals surface area contributed by atoms with Crippen molar-refractivity contribution in [1.29, 1.82) is 0 Å². The smallest absolute Gasteiger partial charge is 0.126 e. The Morgan fingerprint density at radius 3 is 2.26 bits per heavy atom. The van der Waals surface area contributed by atoms with E-state index in [2.05, 4.69) is 5.32 Å². The predicted octanol–water partition coefficient (Wildman–Crippen LogP) is 5.71. The molecule has 0 aliphatic heterocycles. The van der Waals surface area contributed by atoms with E-state index >= 15 is 0 Å². The largest absolute Gasteiger partial charge is 0.379 e. The highest BCUT2D eigenvalue weighted by molar-refractivity contribution is 6.39. The van der Waals surface area contributed by atoms with Crippen LogP contribution in [0, 0.1) is 12.7 Å². The molecule has 0 atom stereocenters. The summed E-state index contributed by atoms with van der Waals surface area (Å²) in [6.45, 7) is 2.50. The van der Waals surface area contributed by atoms with Crippen LogP contribution >= 0.6 is 34.8 Å². The lowest BCUT2D eigenvalue weighted by atomic mass is 10.1. The topological polar surface area (TPSA) is 12.0 Å². The lowest BCUT2D eigenvalue weighted by molar-refractivity contribution is 0.628. The minimum Gasteiger partial charge on any atom is -0.379 e.